The molecule has 3 nitrogen and oxygen atoms in total. The zero-order chi connectivity index (χ0) is 21.3. The summed E-state index contributed by atoms with van der Waals surface area (Å²) in [4.78, 5) is 14.3. The van der Waals surface area contributed by atoms with Crippen molar-refractivity contribution in [1.82, 2.24) is 0 Å². The molecule has 0 aromatic heterocycles. The lowest BCUT2D eigenvalue weighted by molar-refractivity contribution is 0.104. The zero-order valence-corrected chi connectivity index (χ0v) is 19.7. The summed E-state index contributed by atoms with van der Waals surface area (Å²) in [6, 6.07) is 16.5. The summed E-state index contributed by atoms with van der Waals surface area (Å²) in [6.07, 6.45) is 1.86. The van der Waals surface area contributed by atoms with Crippen LogP contribution in [0.25, 0.3) is 6.08 Å². The van der Waals surface area contributed by atoms with Crippen molar-refractivity contribution in [1.29, 1.82) is 0 Å². The summed E-state index contributed by atoms with van der Waals surface area (Å²) in [7, 11) is 1.58. The summed E-state index contributed by atoms with van der Waals surface area (Å²) in [6.45, 7) is 0.267. The molecule has 0 aliphatic carbocycles. The average molecular weight is 522 g/mol. The fraction of sp³-hybridized carbons (Fsp3) is 0.0870. The van der Waals surface area contributed by atoms with Crippen LogP contribution < -0.4 is 9.47 Å². The highest BCUT2D eigenvalue weighted by Crippen LogP contribution is 2.42. The number of fused-ring (bicyclic) bond motifs is 1. The Balaban J connectivity index is 1.59. The molecular weight excluding hydrogens is 507 g/mol. The Morgan fingerprint density at radius 2 is 1.87 bits per heavy atom. The normalized spacial score (nSPS) is 14.1. The number of methoxy groups -OCH3 is 1. The largest absolute Gasteiger partial charge is 0.493 e. The predicted octanol–water partition coefficient (Wildman–Crippen LogP) is 7.67. The molecule has 0 spiro atoms. The number of thioether (sulfide) groups is 1. The molecule has 1 heterocycles. The van der Waals surface area contributed by atoms with Crippen molar-refractivity contribution in [3.8, 4) is 11.5 Å². The van der Waals surface area contributed by atoms with E-state index in [-0.39, 0.29) is 12.4 Å². The van der Waals surface area contributed by atoms with E-state index in [1.54, 1.807) is 19.2 Å². The first-order chi connectivity index (χ1) is 14.5. The smallest absolute Gasteiger partial charge is 0.200 e. The van der Waals surface area contributed by atoms with Gasteiger partial charge in [0.2, 0.25) is 5.78 Å². The Hall–Kier alpha value is -1.92. The number of halogens is 3. The maximum absolute atomic E-state index is 12.7. The fourth-order valence-electron chi connectivity index (χ4n) is 3.01. The minimum atomic E-state index is 0.0270. The van der Waals surface area contributed by atoms with Crippen LogP contribution in [0.15, 0.2) is 68.9 Å². The van der Waals surface area contributed by atoms with Gasteiger partial charge in [-0.15, -0.1) is 0 Å². The molecule has 0 radical (unpaired) electrons. The van der Waals surface area contributed by atoms with Gasteiger partial charge in [0.05, 0.1) is 12.0 Å². The summed E-state index contributed by atoms with van der Waals surface area (Å²) < 4.78 is 12.2. The number of carbonyl (C=O) groups is 1. The predicted molar refractivity (Wildman–Crippen MR) is 126 cm³/mol. The first kappa shape index (κ1) is 21.3. The van der Waals surface area contributed by atoms with Gasteiger partial charge in [-0.05, 0) is 48.0 Å². The van der Waals surface area contributed by atoms with E-state index in [4.69, 9.17) is 32.7 Å². The van der Waals surface area contributed by atoms with Crippen LogP contribution in [-0.2, 0) is 6.61 Å². The number of carbonyl (C=O) groups excluding carboxylic acids is 1. The second-order valence-corrected chi connectivity index (χ2v) is 9.27. The highest BCUT2D eigenvalue weighted by Gasteiger charge is 2.25. The lowest BCUT2D eigenvalue weighted by atomic mass is 10.1. The topological polar surface area (TPSA) is 35.5 Å². The third-order valence-corrected chi connectivity index (χ3v) is 6.92. The lowest BCUT2D eigenvalue weighted by Gasteiger charge is -2.14. The standard InChI is InChI=1S/C23H15BrCl2O3S/c1-28-19-8-14(9-22-23(27)16-4-2-3-5-21(16)30-22)17(24)11-20(19)29-12-13-6-7-15(25)10-18(13)26/h2-11H,12H2,1H3/b22-9+. The molecule has 1 aliphatic heterocycles. The third-order valence-electron chi connectivity index (χ3n) is 4.54. The van der Waals surface area contributed by atoms with Crippen molar-refractivity contribution in [2.45, 2.75) is 11.5 Å². The first-order valence-corrected chi connectivity index (χ1v) is 11.3. The number of hydrogen-bond acceptors (Lipinski definition) is 4. The van der Waals surface area contributed by atoms with Crippen molar-refractivity contribution in [3.05, 3.63) is 90.7 Å². The molecule has 0 amide bonds. The van der Waals surface area contributed by atoms with Crippen LogP contribution in [-0.4, -0.2) is 12.9 Å². The lowest BCUT2D eigenvalue weighted by Crippen LogP contribution is -1.99. The zero-order valence-electron chi connectivity index (χ0n) is 15.7. The maximum Gasteiger partial charge on any atom is 0.200 e. The second-order valence-electron chi connectivity index (χ2n) is 6.48. The van der Waals surface area contributed by atoms with Gasteiger partial charge < -0.3 is 9.47 Å². The molecule has 152 valence electrons. The molecule has 3 aromatic carbocycles. The Bertz CT molecular complexity index is 1180. The molecule has 1 aliphatic rings. The van der Waals surface area contributed by atoms with Gasteiger partial charge in [0.25, 0.3) is 0 Å². The van der Waals surface area contributed by atoms with Crippen LogP contribution in [0.4, 0.5) is 0 Å². The number of ether oxygens (including phenoxy) is 2. The van der Waals surface area contributed by atoms with Crippen molar-refractivity contribution in [2.75, 3.05) is 7.11 Å². The minimum Gasteiger partial charge on any atom is -0.493 e. The van der Waals surface area contributed by atoms with Gasteiger partial charge in [0.1, 0.15) is 6.61 Å². The highest BCUT2D eigenvalue weighted by molar-refractivity contribution is 9.10. The van der Waals surface area contributed by atoms with Gasteiger partial charge in [0.15, 0.2) is 11.5 Å². The van der Waals surface area contributed by atoms with Gasteiger partial charge in [-0.1, -0.05) is 69.1 Å². The molecule has 7 heteroatoms. The van der Waals surface area contributed by atoms with Crippen LogP contribution in [0.1, 0.15) is 21.5 Å². The first-order valence-electron chi connectivity index (χ1n) is 8.94. The summed E-state index contributed by atoms with van der Waals surface area (Å²) in [5.74, 6) is 1.15. The molecule has 0 saturated carbocycles. The van der Waals surface area contributed by atoms with Gasteiger partial charge in [-0.3, -0.25) is 4.79 Å². The van der Waals surface area contributed by atoms with E-state index < -0.39 is 0 Å². The van der Waals surface area contributed by atoms with Gasteiger partial charge >= 0.3 is 0 Å². The number of hydrogen-bond donors (Lipinski definition) is 0. The van der Waals surface area contributed by atoms with E-state index in [1.165, 1.54) is 11.8 Å². The van der Waals surface area contributed by atoms with Crippen molar-refractivity contribution < 1.29 is 14.3 Å². The van der Waals surface area contributed by atoms with Gasteiger partial charge in [-0.2, -0.15) is 0 Å². The Labute approximate surface area is 197 Å². The SMILES string of the molecule is COc1cc(/C=C2/Sc3ccccc3C2=O)c(Br)cc1OCc1ccc(Cl)cc1Cl. The molecule has 0 bridgehead atoms. The van der Waals surface area contributed by atoms with Gasteiger partial charge in [-0.25, -0.2) is 0 Å². The van der Waals surface area contributed by atoms with Crippen LogP contribution in [0, 0.1) is 0 Å². The molecule has 0 fully saturated rings. The molecule has 0 N–H and O–H groups in total. The van der Waals surface area contributed by atoms with E-state index >= 15 is 0 Å². The van der Waals surface area contributed by atoms with E-state index in [0.717, 1.165) is 26.1 Å². The Kier molecular flexibility index (Phi) is 6.44. The molecule has 0 unspecified atom stereocenters. The fourth-order valence-corrected chi connectivity index (χ4v) is 4.95. The van der Waals surface area contributed by atoms with E-state index in [9.17, 15) is 4.79 Å². The number of ketones is 1. The molecule has 4 rings (SSSR count). The van der Waals surface area contributed by atoms with Crippen LogP contribution in [0.2, 0.25) is 10.0 Å². The molecule has 30 heavy (non-hydrogen) atoms. The van der Waals surface area contributed by atoms with E-state index in [0.29, 0.717) is 26.4 Å². The number of rotatable bonds is 5. The van der Waals surface area contributed by atoms with Gasteiger partial charge in [0, 0.05) is 30.5 Å². The van der Waals surface area contributed by atoms with Crippen molar-refractivity contribution in [3.63, 3.8) is 0 Å². The molecule has 0 saturated heterocycles. The van der Waals surface area contributed by atoms with Crippen LogP contribution in [0.5, 0.6) is 11.5 Å². The minimum absolute atomic E-state index is 0.0270. The molecule has 3 aromatic rings. The number of Topliss-reactive ketones (excluding diaryl/α,β-unsaturated/α-hetero) is 1. The third kappa shape index (κ3) is 4.40. The summed E-state index contributed by atoms with van der Waals surface area (Å²) in [5, 5.41) is 1.11. The summed E-state index contributed by atoms with van der Waals surface area (Å²) in [5.41, 5.74) is 2.38. The second kappa shape index (κ2) is 9.06. The Morgan fingerprint density at radius 1 is 1.07 bits per heavy atom. The quantitative estimate of drug-likeness (QED) is 0.322. The van der Waals surface area contributed by atoms with E-state index in [2.05, 4.69) is 15.9 Å². The van der Waals surface area contributed by atoms with Crippen molar-refractivity contribution >= 4 is 62.8 Å². The van der Waals surface area contributed by atoms with Crippen molar-refractivity contribution in [2.24, 2.45) is 0 Å². The highest BCUT2D eigenvalue weighted by atomic mass is 79.9. The summed E-state index contributed by atoms with van der Waals surface area (Å²) >= 11 is 17.2. The van der Waals surface area contributed by atoms with E-state index in [1.807, 2.05) is 48.5 Å². The van der Waals surface area contributed by atoms with Crippen LogP contribution >= 0.6 is 50.9 Å². The Morgan fingerprint density at radius 3 is 2.60 bits per heavy atom. The number of benzene rings is 3. The molecule has 0 atom stereocenters. The maximum atomic E-state index is 12.7. The van der Waals surface area contributed by atoms with Crippen LogP contribution in [0.3, 0.4) is 0 Å². The molecular formula is C23H15BrCl2O3S. The number of allylic oxidation sites excluding steroid dienone is 1. The monoisotopic (exact) mass is 520 g/mol. The average Bonchev–Trinajstić information content (AvgIpc) is 3.04.